The Hall–Kier alpha value is -2.30. The van der Waals surface area contributed by atoms with Crippen molar-refractivity contribution in [1.29, 1.82) is 0 Å². The molecule has 1 unspecified atom stereocenters. The Morgan fingerprint density at radius 3 is 2.75 bits per heavy atom. The predicted molar refractivity (Wildman–Crippen MR) is 79.5 cm³/mol. The van der Waals surface area contributed by atoms with Crippen LogP contribution in [0.15, 0.2) is 30.5 Å². The summed E-state index contributed by atoms with van der Waals surface area (Å²) in [6.07, 6.45) is 1.08. The lowest BCUT2D eigenvalue weighted by molar-refractivity contribution is -0.127. The number of amides is 1. The topological polar surface area (TPSA) is 77.2 Å². The molecular formula is C15H19N3O2. The highest BCUT2D eigenvalue weighted by molar-refractivity contribution is 5.94. The molecule has 0 aliphatic heterocycles. The first kappa shape index (κ1) is 14.1. The van der Waals surface area contributed by atoms with Gasteiger partial charge in [-0.1, -0.05) is 0 Å². The zero-order valence-corrected chi connectivity index (χ0v) is 11.9. The van der Waals surface area contributed by atoms with Crippen molar-refractivity contribution in [2.45, 2.75) is 32.9 Å². The van der Waals surface area contributed by atoms with Gasteiger partial charge in [-0.15, -0.1) is 0 Å². The molecule has 1 aromatic heterocycles. The molecule has 1 heterocycles. The molecule has 3 N–H and O–H groups in total. The van der Waals surface area contributed by atoms with Gasteiger partial charge in [-0.3, -0.25) is 9.78 Å². The molecule has 0 fully saturated rings. The van der Waals surface area contributed by atoms with E-state index in [1.54, 1.807) is 25.3 Å². The van der Waals surface area contributed by atoms with E-state index in [9.17, 15) is 4.79 Å². The number of carbonyl (C=O) groups excluding carboxylic acids is 1. The van der Waals surface area contributed by atoms with E-state index in [1.165, 1.54) is 0 Å². The number of aromatic nitrogens is 1. The maximum absolute atomic E-state index is 11.9. The van der Waals surface area contributed by atoms with Crippen molar-refractivity contribution in [3.05, 3.63) is 30.5 Å². The van der Waals surface area contributed by atoms with E-state index < -0.39 is 6.10 Å². The molecule has 5 heteroatoms. The van der Waals surface area contributed by atoms with Crippen LogP contribution in [0.1, 0.15) is 20.8 Å². The van der Waals surface area contributed by atoms with Gasteiger partial charge in [-0.2, -0.15) is 0 Å². The lowest BCUT2D eigenvalue weighted by atomic mass is 10.1. The number of pyridine rings is 1. The molecule has 1 aromatic carbocycles. The van der Waals surface area contributed by atoms with Gasteiger partial charge in [0.15, 0.2) is 6.10 Å². The quantitative estimate of drug-likeness (QED) is 0.836. The first-order valence-corrected chi connectivity index (χ1v) is 6.59. The molecule has 0 aliphatic rings. The van der Waals surface area contributed by atoms with E-state index in [2.05, 4.69) is 10.3 Å². The molecule has 0 radical (unpaired) electrons. The Balaban J connectivity index is 2.26. The number of nitrogen functional groups attached to an aromatic ring is 1. The molecule has 5 nitrogen and oxygen atoms in total. The van der Waals surface area contributed by atoms with E-state index in [4.69, 9.17) is 10.5 Å². The number of rotatable bonds is 4. The van der Waals surface area contributed by atoms with Gasteiger partial charge in [0.05, 0.1) is 0 Å². The highest BCUT2D eigenvalue weighted by atomic mass is 16.5. The van der Waals surface area contributed by atoms with Crippen LogP contribution in [-0.2, 0) is 4.79 Å². The second-order valence-electron chi connectivity index (χ2n) is 4.98. The van der Waals surface area contributed by atoms with Gasteiger partial charge in [0.2, 0.25) is 0 Å². The van der Waals surface area contributed by atoms with Crippen LogP contribution in [0.3, 0.4) is 0 Å². The summed E-state index contributed by atoms with van der Waals surface area (Å²) in [5.74, 6) is 0.405. The second kappa shape index (κ2) is 5.77. The molecular weight excluding hydrogens is 254 g/mol. The summed E-state index contributed by atoms with van der Waals surface area (Å²) >= 11 is 0. The maximum Gasteiger partial charge on any atom is 0.260 e. The summed E-state index contributed by atoms with van der Waals surface area (Å²) in [6.45, 7) is 5.53. The minimum absolute atomic E-state index is 0.0786. The average molecular weight is 273 g/mol. The Morgan fingerprint density at radius 1 is 1.30 bits per heavy atom. The van der Waals surface area contributed by atoms with Gasteiger partial charge in [0.1, 0.15) is 11.3 Å². The number of ether oxygens (including phenoxy) is 1. The number of fused-ring (bicyclic) bond motifs is 1. The van der Waals surface area contributed by atoms with Crippen molar-refractivity contribution in [2.24, 2.45) is 0 Å². The SMILES string of the molecule is CC(C)NC(=O)C(C)Oc1ccc(N)c2cccnc12. The molecule has 0 bridgehead atoms. The van der Waals surface area contributed by atoms with Gasteiger partial charge in [-0.05, 0) is 45.0 Å². The first-order valence-electron chi connectivity index (χ1n) is 6.59. The minimum Gasteiger partial charge on any atom is -0.479 e. The molecule has 1 atom stereocenters. The fraction of sp³-hybridized carbons (Fsp3) is 0.333. The van der Waals surface area contributed by atoms with E-state index >= 15 is 0 Å². The number of nitrogens with zero attached hydrogens (tertiary/aromatic N) is 1. The Kier molecular flexibility index (Phi) is 4.08. The van der Waals surface area contributed by atoms with Crippen molar-refractivity contribution in [3.8, 4) is 5.75 Å². The number of carbonyl (C=O) groups is 1. The molecule has 0 aliphatic carbocycles. The predicted octanol–water partition coefficient (Wildman–Crippen LogP) is 2.11. The molecule has 0 saturated carbocycles. The summed E-state index contributed by atoms with van der Waals surface area (Å²) in [6, 6.07) is 7.27. The fourth-order valence-corrected chi connectivity index (χ4v) is 1.91. The minimum atomic E-state index is -0.591. The van der Waals surface area contributed by atoms with Crippen LogP contribution < -0.4 is 15.8 Å². The highest BCUT2D eigenvalue weighted by Gasteiger charge is 2.17. The monoisotopic (exact) mass is 273 g/mol. The van der Waals surface area contributed by atoms with Crippen LogP contribution in [0.5, 0.6) is 5.75 Å². The van der Waals surface area contributed by atoms with Crippen LogP contribution in [0, 0.1) is 0 Å². The third-order valence-corrected chi connectivity index (χ3v) is 2.87. The standard InChI is InChI=1S/C15H19N3O2/c1-9(2)18-15(19)10(3)20-13-7-6-12(16)11-5-4-8-17-14(11)13/h4-10H,16H2,1-3H3,(H,18,19). The largest absolute Gasteiger partial charge is 0.479 e. The normalized spacial score (nSPS) is 12.4. The molecule has 1 amide bonds. The number of nitrogens with two attached hydrogens (primary N) is 1. The van der Waals surface area contributed by atoms with E-state index in [0.717, 1.165) is 5.39 Å². The lowest BCUT2D eigenvalue weighted by Gasteiger charge is -2.17. The van der Waals surface area contributed by atoms with E-state index in [-0.39, 0.29) is 11.9 Å². The summed E-state index contributed by atoms with van der Waals surface area (Å²) in [7, 11) is 0. The summed E-state index contributed by atoms with van der Waals surface area (Å²) in [4.78, 5) is 16.2. The van der Waals surface area contributed by atoms with Crippen molar-refractivity contribution in [3.63, 3.8) is 0 Å². The number of hydrogen-bond acceptors (Lipinski definition) is 4. The maximum atomic E-state index is 11.9. The summed E-state index contributed by atoms with van der Waals surface area (Å²) in [5, 5.41) is 3.63. The summed E-state index contributed by atoms with van der Waals surface area (Å²) in [5.41, 5.74) is 7.21. The Labute approximate surface area is 118 Å². The van der Waals surface area contributed by atoms with Crippen LogP contribution in [0.4, 0.5) is 5.69 Å². The highest BCUT2D eigenvalue weighted by Crippen LogP contribution is 2.28. The third kappa shape index (κ3) is 2.99. The molecule has 2 rings (SSSR count). The smallest absolute Gasteiger partial charge is 0.260 e. The van der Waals surface area contributed by atoms with E-state index in [0.29, 0.717) is 17.0 Å². The number of anilines is 1. The zero-order chi connectivity index (χ0) is 14.7. The van der Waals surface area contributed by atoms with Crippen molar-refractivity contribution < 1.29 is 9.53 Å². The van der Waals surface area contributed by atoms with Crippen LogP contribution in [-0.4, -0.2) is 23.0 Å². The van der Waals surface area contributed by atoms with Crippen molar-refractivity contribution in [2.75, 3.05) is 5.73 Å². The first-order chi connectivity index (χ1) is 9.49. The Morgan fingerprint density at radius 2 is 2.05 bits per heavy atom. The average Bonchev–Trinajstić information content (AvgIpc) is 2.41. The lowest BCUT2D eigenvalue weighted by Crippen LogP contribution is -2.40. The van der Waals surface area contributed by atoms with Crippen LogP contribution in [0.2, 0.25) is 0 Å². The van der Waals surface area contributed by atoms with Gasteiger partial charge in [0, 0.05) is 23.3 Å². The molecule has 106 valence electrons. The third-order valence-electron chi connectivity index (χ3n) is 2.87. The van der Waals surface area contributed by atoms with Crippen LogP contribution in [0.25, 0.3) is 10.9 Å². The van der Waals surface area contributed by atoms with E-state index in [1.807, 2.05) is 26.0 Å². The van der Waals surface area contributed by atoms with Crippen molar-refractivity contribution in [1.82, 2.24) is 10.3 Å². The molecule has 2 aromatic rings. The van der Waals surface area contributed by atoms with Crippen molar-refractivity contribution >= 4 is 22.5 Å². The number of benzene rings is 1. The molecule has 0 spiro atoms. The number of nitrogens with one attached hydrogen (secondary N) is 1. The fourth-order valence-electron chi connectivity index (χ4n) is 1.91. The number of hydrogen-bond donors (Lipinski definition) is 2. The second-order valence-corrected chi connectivity index (χ2v) is 4.98. The molecule has 0 saturated heterocycles. The van der Waals surface area contributed by atoms with Gasteiger partial charge >= 0.3 is 0 Å². The van der Waals surface area contributed by atoms with Crippen LogP contribution >= 0.6 is 0 Å². The van der Waals surface area contributed by atoms with Gasteiger partial charge < -0.3 is 15.8 Å². The van der Waals surface area contributed by atoms with Gasteiger partial charge in [-0.25, -0.2) is 0 Å². The molecule has 20 heavy (non-hydrogen) atoms. The summed E-state index contributed by atoms with van der Waals surface area (Å²) < 4.78 is 5.72. The Bertz CT molecular complexity index is 626. The zero-order valence-electron chi connectivity index (χ0n) is 11.9. The van der Waals surface area contributed by atoms with Gasteiger partial charge in [0.25, 0.3) is 5.91 Å².